The highest BCUT2D eigenvalue weighted by Gasteiger charge is 2.00. The Hall–Kier alpha value is -2.09. The largest absolute Gasteiger partial charge is 0.469 e. The Morgan fingerprint density at radius 3 is 3.20 bits per heavy atom. The van der Waals surface area contributed by atoms with E-state index in [-0.39, 0.29) is 5.97 Å². The highest BCUT2D eigenvalue weighted by Crippen LogP contribution is 2.06. The van der Waals surface area contributed by atoms with Gasteiger partial charge in [-0.2, -0.15) is 5.26 Å². The van der Waals surface area contributed by atoms with E-state index in [9.17, 15) is 4.79 Å². The van der Waals surface area contributed by atoms with Gasteiger partial charge in [0.2, 0.25) is 0 Å². The first-order valence-electron chi connectivity index (χ1n) is 4.43. The Balaban J connectivity index is 2.44. The fourth-order valence-corrected chi connectivity index (χ4v) is 1.01. The molecular weight excluding hydrogens is 194 g/mol. The molecule has 0 aromatic carbocycles. The molecule has 1 aromatic heterocycles. The molecule has 1 N–H and O–H groups in total. The van der Waals surface area contributed by atoms with Crippen LogP contribution in [0.2, 0.25) is 0 Å². The molecular formula is C10H11N3O2. The van der Waals surface area contributed by atoms with Gasteiger partial charge >= 0.3 is 5.97 Å². The van der Waals surface area contributed by atoms with E-state index in [1.54, 1.807) is 18.3 Å². The van der Waals surface area contributed by atoms with Crippen LogP contribution >= 0.6 is 0 Å². The van der Waals surface area contributed by atoms with Gasteiger partial charge in [-0.25, -0.2) is 4.98 Å². The number of nitriles is 1. The summed E-state index contributed by atoms with van der Waals surface area (Å²) in [4.78, 5) is 14.6. The lowest BCUT2D eigenvalue weighted by atomic mass is 10.3. The molecule has 15 heavy (non-hydrogen) atoms. The zero-order valence-electron chi connectivity index (χ0n) is 8.36. The second-order valence-electron chi connectivity index (χ2n) is 2.79. The lowest BCUT2D eigenvalue weighted by Gasteiger charge is -2.04. The van der Waals surface area contributed by atoms with Crippen molar-refractivity contribution >= 4 is 11.7 Å². The maximum Gasteiger partial charge on any atom is 0.307 e. The minimum absolute atomic E-state index is 0.267. The number of hydrogen-bond acceptors (Lipinski definition) is 5. The highest BCUT2D eigenvalue weighted by atomic mass is 16.5. The summed E-state index contributed by atoms with van der Waals surface area (Å²) in [5.74, 6) is -0.267. The summed E-state index contributed by atoms with van der Waals surface area (Å²) < 4.78 is 4.49. The smallest absolute Gasteiger partial charge is 0.307 e. The van der Waals surface area contributed by atoms with Gasteiger partial charge in [0, 0.05) is 18.4 Å². The Morgan fingerprint density at radius 1 is 1.73 bits per heavy atom. The van der Waals surface area contributed by atoms with E-state index < -0.39 is 0 Å². The normalized spacial score (nSPS) is 9.07. The summed E-state index contributed by atoms with van der Waals surface area (Å²) in [6.07, 6.45) is 1.83. The van der Waals surface area contributed by atoms with E-state index in [1.165, 1.54) is 7.11 Å². The average Bonchev–Trinajstić information content (AvgIpc) is 2.29. The predicted molar refractivity (Wildman–Crippen MR) is 54.1 cm³/mol. The molecule has 1 aromatic rings. The number of anilines is 1. The van der Waals surface area contributed by atoms with Crippen LogP contribution in [0.4, 0.5) is 5.69 Å². The van der Waals surface area contributed by atoms with Crippen molar-refractivity contribution < 1.29 is 9.53 Å². The number of rotatable bonds is 4. The summed E-state index contributed by atoms with van der Waals surface area (Å²) in [5, 5.41) is 11.6. The molecule has 1 rings (SSSR count). The Labute approximate surface area is 87.7 Å². The minimum atomic E-state index is -0.267. The number of nitrogens with one attached hydrogen (secondary N) is 1. The molecule has 0 spiro atoms. The molecule has 5 heteroatoms. The first-order chi connectivity index (χ1) is 7.26. The van der Waals surface area contributed by atoms with Gasteiger partial charge in [0.25, 0.3) is 0 Å². The first kappa shape index (κ1) is 11.0. The molecule has 5 nitrogen and oxygen atoms in total. The zero-order valence-corrected chi connectivity index (χ0v) is 8.36. The minimum Gasteiger partial charge on any atom is -0.469 e. The van der Waals surface area contributed by atoms with Crippen molar-refractivity contribution in [2.45, 2.75) is 6.42 Å². The average molecular weight is 205 g/mol. The van der Waals surface area contributed by atoms with E-state index in [1.807, 2.05) is 6.07 Å². The van der Waals surface area contributed by atoms with Crippen molar-refractivity contribution in [2.75, 3.05) is 19.0 Å². The topological polar surface area (TPSA) is 75.0 Å². The van der Waals surface area contributed by atoms with Gasteiger partial charge in [-0.15, -0.1) is 0 Å². The summed E-state index contributed by atoms with van der Waals surface area (Å²) in [5.41, 5.74) is 1.11. The fraction of sp³-hybridized carbons (Fsp3) is 0.300. The van der Waals surface area contributed by atoms with Gasteiger partial charge < -0.3 is 10.1 Å². The zero-order chi connectivity index (χ0) is 11.1. The van der Waals surface area contributed by atoms with E-state index in [4.69, 9.17) is 5.26 Å². The monoisotopic (exact) mass is 205 g/mol. The van der Waals surface area contributed by atoms with Gasteiger partial charge in [0.1, 0.15) is 11.8 Å². The van der Waals surface area contributed by atoms with Crippen LogP contribution in [0.1, 0.15) is 12.1 Å². The number of pyridine rings is 1. The van der Waals surface area contributed by atoms with Gasteiger partial charge in [0.15, 0.2) is 0 Å². The summed E-state index contributed by atoms with van der Waals surface area (Å²) in [6.45, 7) is 0.474. The van der Waals surface area contributed by atoms with Gasteiger partial charge in [0.05, 0.1) is 13.5 Å². The maximum absolute atomic E-state index is 10.8. The molecule has 0 aliphatic carbocycles. The van der Waals surface area contributed by atoms with Crippen molar-refractivity contribution in [2.24, 2.45) is 0 Å². The van der Waals surface area contributed by atoms with E-state index in [2.05, 4.69) is 15.0 Å². The number of ether oxygens (including phenoxy) is 1. The molecule has 0 unspecified atom stereocenters. The fourth-order valence-electron chi connectivity index (χ4n) is 1.01. The number of carbonyl (C=O) groups is 1. The molecule has 0 saturated heterocycles. The summed E-state index contributed by atoms with van der Waals surface area (Å²) in [6, 6.07) is 5.29. The van der Waals surface area contributed by atoms with Crippen LogP contribution in [-0.2, 0) is 9.53 Å². The Bertz CT molecular complexity index is 384. The van der Waals surface area contributed by atoms with E-state index >= 15 is 0 Å². The standard InChI is InChI=1S/C10H11N3O2/c1-15-10(14)3-5-12-8-2-4-13-9(6-8)7-11/h2,4,6H,3,5H2,1H3,(H,12,13). The number of nitrogens with zero attached hydrogens (tertiary/aromatic N) is 2. The summed E-state index contributed by atoms with van der Waals surface area (Å²) >= 11 is 0. The van der Waals surface area contributed by atoms with Crippen LogP contribution in [0.5, 0.6) is 0 Å². The number of esters is 1. The highest BCUT2D eigenvalue weighted by molar-refractivity contribution is 5.69. The van der Waals surface area contributed by atoms with Crippen molar-refractivity contribution in [1.82, 2.24) is 4.98 Å². The molecule has 0 fully saturated rings. The van der Waals surface area contributed by atoms with Crippen LogP contribution in [0.3, 0.4) is 0 Å². The van der Waals surface area contributed by atoms with Crippen LogP contribution in [-0.4, -0.2) is 24.6 Å². The number of aromatic nitrogens is 1. The van der Waals surface area contributed by atoms with Crippen molar-refractivity contribution in [3.05, 3.63) is 24.0 Å². The maximum atomic E-state index is 10.8. The molecule has 0 aliphatic heterocycles. The third-order valence-electron chi connectivity index (χ3n) is 1.76. The SMILES string of the molecule is COC(=O)CCNc1ccnc(C#N)c1. The van der Waals surface area contributed by atoms with Crippen LogP contribution in [0.15, 0.2) is 18.3 Å². The third kappa shape index (κ3) is 3.65. The molecule has 0 bridgehead atoms. The second kappa shape index (κ2) is 5.60. The molecule has 0 amide bonds. The number of methoxy groups -OCH3 is 1. The summed E-state index contributed by atoms with van der Waals surface area (Å²) in [7, 11) is 1.35. The molecule has 78 valence electrons. The molecule has 0 aliphatic rings. The lowest BCUT2D eigenvalue weighted by molar-refractivity contribution is -0.140. The molecule has 1 heterocycles. The van der Waals surface area contributed by atoms with Crippen LogP contribution < -0.4 is 5.32 Å². The predicted octanol–water partition coefficient (Wildman–Crippen LogP) is 0.928. The molecule has 0 atom stereocenters. The lowest BCUT2D eigenvalue weighted by Crippen LogP contribution is -2.09. The second-order valence-corrected chi connectivity index (χ2v) is 2.79. The Kier molecular flexibility index (Phi) is 4.10. The van der Waals surface area contributed by atoms with Crippen molar-refractivity contribution in [1.29, 1.82) is 5.26 Å². The van der Waals surface area contributed by atoms with Crippen LogP contribution in [0, 0.1) is 11.3 Å². The van der Waals surface area contributed by atoms with E-state index in [0.29, 0.717) is 18.7 Å². The molecule has 0 saturated carbocycles. The van der Waals surface area contributed by atoms with Crippen molar-refractivity contribution in [3.8, 4) is 6.07 Å². The number of hydrogen-bond donors (Lipinski definition) is 1. The van der Waals surface area contributed by atoms with Crippen molar-refractivity contribution in [3.63, 3.8) is 0 Å². The third-order valence-corrected chi connectivity index (χ3v) is 1.76. The van der Waals surface area contributed by atoms with E-state index in [0.717, 1.165) is 5.69 Å². The first-order valence-corrected chi connectivity index (χ1v) is 4.43. The van der Waals surface area contributed by atoms with Crippen LogP contribution in [0.25, 0.3) is 0 Å². The Morgan fingerprint density at radius 2 is 2.53 bits per heavy atom. The number of carbonyl (C=O) groups excluding carboxylic acids is 1. The van der Waals surface area contributed by atoms with Gasteiger partial charge in [-0.05, 0) is 12.1 Å². The quantitative estimate of drug-likeness (QED) is 0.740. The van der Waals surface area contributed by atoms with Gasteiger partial charge in [-0.1, -0.05) is 0 Å². The molecule has 0 radical (unpaired) electrons. The van der Waals surface area contributed by atoms with Gasteiger partial charge in [-0.3, -0.25) is 4.79 Å².